The Kier molecular flexibility index (Phi) is 17.9. The smallest absolute Gasteiger partial charge is 0.311 e. The number of carbonyl (C=O) groups excluding carboxylic acids is 3. The number of esters is 3. The lowest BCUT2D eigenvalue weighted by Crippen LogP contribution is -2.23. The van der Waals surface area contributed by atoms with Gasteiger partial charge in [0.15, 0.2) is 0 Å². The summed E-state index contributed by atoms with van der Waals surface area (Å²) in [6.07, 6.45) is 19.5. The number of carbonyl (C=O) groups is 3. The molecule has 5 atom stereocenters. The molecule has 0 unspecified atom stereocenters. The van der Waals surface area contributed by atoms with Crippen molar-refractivity contribution in [1.29, 1.82) is 0 Å². The van der Waals surface area contributed by atoms with E-state index in [0.29, 0.717) is 70.6 Å². The van der Waals surface area contributed by atoms with E-state index in [4.69, 9.17) is 27.1 Å². The molecule has 9 nitrogen and oxygen atoms in total. The lowest BCUT2D eigenvalue weighted by molar-refractivity contribution is -0.134. The van der Waals surface area contributed by atoms with E-state index in [0.717, 1.165) is 6.42 Å². The molecule has 1 fully saturated rings. The fourth-order valence-electron chi connectivity index (χ4n) is 6.09. The molecule has 1 aliphatic carbocycles. The molecule has 2 aromatic carbocycles. The molecule has 1 saturated carbocycles. The second-order valence-corrected chi connectivity index (χ2v) is 12.7. The maximum absolute atomic E-state index is 12.7. The first-order chi connectivity index (χ1) is 24.2. The van der Waals surface area contributed by atoms with Crippen molar-refractivity contribution in [3.63, 3.8) is 0 Å². The third-order valence-electron chi connectivity index (χ3n) is 8.74. The quantitative estimate of drug-likeness (QED) is 0.0457. The molecular formula is C41H50O9. The minimum Gasteiger partial charge on any atom is -0.426 e. The Hall–Kier alpha value is -4.41. The first-order valence-corrected chi connectivity index (χ1v) is 17.6. The number of hydrogen-bond donors (Lipinski definition) is 3. The van der Waals surface area contributed by atoms with Crippen molar-refractivity contribution in [2.45, 2.75) is 115 Å². The molecule has 2 aromatic rings. The maximum Gasteiger partial charge on any atom is 0.311 e. The zero-order chi connectivity index (χ0) is 36.1. The van der Waals surface area contributed by atoms with Crippen LogP contribution in [0.3, 0.4) is 0 Å². The third-order valence-corrected chi connectivity index (χ3v) is 8.74. The first-order valence-electron chi connectivity index (χ1n) is 17.6. The Labute approximate surface area is 296 Å². The van der Waals surface area contributed by atoms with Gasteiger partial charge in [-0.05, 0) is 81.6 Å². The number of rotatable bonds is 21. The van der Waals surface area contributed by atoms with Crippen molar-refractivity contribution in [3.8, 4) is 41.9 Å². The van der Waals surface area contributed by atoms with Gasteiger partial charge < -0.3 is 29.5 Å². The van der Waals surface area contributed by atoms with E-state index in [-0.39, 0.29) is 48.3 Å². The Morgan fingerprint density at radius 1 is 0.760 bits per heavy atom. The Morgan fingerprint density at radius 3 is 1.82 bits per heavy atom. The van der Waals surface area contributed by atoms with Gasteiger partial charge in [-0.15, -0.1) is 24.7 Å². The van der Waals surface area contributed by atoms with Crippen LogP contribution in [0.15, 0.2) is 60.7 Å². The molecule has 0 radical (unpaired) electrons. The second-order valence-electron chi connectivity index (χ2n) is 12.7. The summed E-state index contributed by atoms with van der Waals surface area (Å²) < 4.78 is 16.2. The number of aryl methyl sites for hydroxylation is 1. The van der Waals surface area contributed by atoms with E-state index in [2.05, 4.69) is 11.8 Å². The molecule has 1 aliphatic rings. The summed E-state index contributed by atoms with van der Waals surface area (Å²) in [5, 5.41) is 31.8. The van der Waals surface area contributed by atoms with Crippen LogP contribution in [0.25, 0.3) is 0 Å². The average Bonchev–Trinajstić information content (AvgIpc) is 3.35. The van der Waals surface area contributed by atoms with Crippen LogP contribution in [0.4, 0.5) is 0 Å². The zero-order valence-electron chi connectivity index (χ0n) is 28.7. The van der Waals surface area contributed by atoms with Gasteiger partial charge in [0, 0.05) is 50.3 Å². The molecule has 50 heavy (non-hydrogen) atoms. The average molecular weight is 687 g/mol. The summed E-state index contributed by atoms with van der Waals surface area (Å²) >= 11 is 0. The van der Waals surface area contributed by atoms with Crippen LogP contribution in [-0.4, -0.2) is 51.5 Å². The van der Waals surface area contributed by atoms with Gasteiger partial charge in [-0.3, -0.25) is 14.4 Å². The predicted molar refractivity (Wildman–Crippen MR) is 190 cm³/mol. The summed E-state index contributed by atoms with van der Waals surface area (Å²) in [4.78, 5) is 37.2. The van der Waals surface area contributed by atoms with E-state index in [1.807, 2.05) is 42.5 Å². The summed E-state index contributed by atoms with van der Waals surface area (Å²) in [7, 11) is 0. The Morgan fingerprint density at radius 2 is 1.28 bits per heavy atom. The first kappa shape index (κ1) is 40.0. The summed E-state index contributed by atoms with van der Waals surface area (Å²) in [6, 6.07) is 14.2. The van der Waals surface area contributed by atoms with Gasteiger partial charge in [-0.25, -0.2) is 0 Å². The molecular weight excluding hydrogens is 636 g/mol. The number of terminal acetylenes is 2. The van der Waals surface area contributed by atoms with Gasteiger partial charge in [0.05, 0.1) is 18.3 Å². The fraction of sp³-hybridized carbons (Fsp3) is 0.488. The number of aliphatic hydroxyl groups excluding tert-OH is 3. The van der Waals surface area contributed by atoms with Crippen LogP contribution >= 0.6 is 0 Å². The van der Waals surface area contributed by atoms with E-state index < -0.39 is 36.2 Å². The highest BCUT2D eigenvalue weighted by Gasteiger charge is 2.40. The van der Waals surface area contributed by atoms with Crippen LogP contribution in [0.5, 0.6) is 17.2 Å². The van der Waals surface area contributed by atoms with E-state index in [9.17, 15) is 29.7 Å². The molecule has 0 aliphatic heterocycles. The van der Waals surface area contributed by atoms with Crippen molar-refractivity contribution < 1.29 is 43.9 Å². The van der Waals surface area contributed by atoms with Crippen molar-refractivity contribution in [1.82, 2.24) is 0 Å². The summed E-state index contributed by atoms with van der Waals surface area (Å²) in [5.41, 5.74) is 1.18. The zero-order valence-corrected chi connectivity index (χ0v) is 28.7. The van der Waals surface area contributed by atoms with E-state index in [1.165, 1.54) is 23.8 Å². The molecule has 3 N–H and O–H groups in total. The number of ether oxygens (including phenoxy) is 3. The molecule has 0 amide bonds. The number of unbranched alkanes of at least 4 members (excludes halogenated alkanes) is 3. The minimum absolute atomic E-state index is 0.0644. The molecule has 0 spiro atoms. The van der Waals surface area contributed by atoms with Crippen LogP contribution in [-0.2, 0) is 20.8 Å². The summed E-state index contributed by atoms with van der Waals surface area (Å²) in [6.45, 7) is 0. The van der Waals surface area contributed by atoms with Crippen molar-refractivity contribution in [3.05, 3.63) is 66.2 Å². The van der Waals surface area contributed by atoms with Crippen LogP contribution < -0.4 is 14.2 Å². The lowest BCUT2D eigenvalue weighted by atomic mass is 9.85. The highest BCUT2D eigenvalue weighted by atomic mass is 16.6. The molecule has 0 bridgehead atoms. The molecule has 268 valence electrons. The van der Waals surface area contributed by atoms with E-state index in [1.54, 1.807) is 0 Å². The minimum atomic E-state index is -0.610. The monoisotopic (exact) mass is 686 g/mol. The number of allylic oxidation sites excluding steroid dienone is 2. The van der Waals surface area contributed by atoms with Crippen molar-refractivity contribution in [2.24, 2.45) is 11.8 Å². The highest BCUT2D eigenvalue weighted by molar-refractivity contribution is 5.76. The topological polar surface area (TPSA) is 140 Å². The third kappa shape index (κ3) is 15.0. The van der Waals surface area contributed by atoms with Gasteiger partial charge in [0.25, 0.3) is 0 Å². The van der Waals surface area contributed by atoms with Crippen LogP contribution in [0, 0.1) is 36.5 Å². The van der Waals surface area contributed by atoms with Gasteiger partial charge in [-0.1, -0.05) is 42.5 Å². The standard InChI is InChI=1S/C41H50O9/c1-3-5-10-19-39(45)48-32-26-33(49-40(46)20-11-6-4-2)28-34(27-32)50-41(47)21-15-8-7-14-18-35-36(38(44)29-37(35)43)25-24-31(42)23-22-30-16-12-9-13-17-30/h1-2,7,9,12-14,16-17,26-28,31,35-38,42-44H,5-6,8,10-11,15,18-25,29H2/b14-7-/t31-,35+,36+,37-,38+/m0/s1. The number of aliphatic hydroxyl groups is 3. The largest absolute Gasteiger partial charge is 0.426 e. The highest BCUT2D eigenvalue weighted by Crippen LogP contribution is 2.38. The number of hydrogen-bond acceptors (Lipinski definition) is 9. The normalized spacial score (nSPS) is 19.0. The number of benzene rings is 2. The molecule has 0 heterocycles. The molecule has 3 rings (SSSR count). The van der Waals surface area contributed by atoms with Gasteiger partial charge in [0.1, 0.15) is 17.2 Å². The molecule has 0 saturated heterocycles. The van der Waals surface area contributed by atoms with Gasteiger partial charge >= 0.3 is 17.9 Å². The predicted octanol–water partition coefficient (Wildman–Crippen LogP) is 6.26. The van der Waals surface area contributed by atoms with Crippen LogP contribution in [0.1, 0.15) is 95.5 Å². The van der Waals surface area contributed by atoms with Crippen molar-refractivity contribution in [2.75, 3.05) is 0 Å². The second kappa shape index (κ2) is 22.3. The van der Waals surface area contributed by atoms with Gasteiger partial charge in [-0.2, -0.15) is 0 Å². The molecule has 9 heteroatoms. The fourth-order valence-corrected chi connectivity index (χ4v) is 6.09. The Bertz CT molecular complexity index is 1420. The Balaban J connectivity index is 1.46. The maximum atomic E-state index is 12.7. The van der Waals surface area contributed by atoms with Gasteiger partial charge in [0.2, 0.25) is 0 Å². The lowest BCUT2D eigenvalue weighted by Gasteiger charge is -2.23. The van der Waals surface area contributed by atoms with E-state index >= 15 is 0 Å². The summed E-state index contributed by atoms with van der Waals surface area (Å²) in [5.74, 6) is 3.36. The van der Waals surface area contributed by atoms with Crippen LogP contribution in [0.2, 0.25) is 0 Å². The SMILES string of the molecule is C#CCCCC(=O)Oc1cc(OC(=O)CCCC#C)cc(OC(=O)CCC/C=C\C[C@@H]2[C@@H](CC[C@@H](O)CCc3ccccc3)[C@H](O)C[C@@H]2O)c1. The van der Waals surface area contributed by atoms with Crippen molar-refractivity contribution >= 4 is 17.9 Å². The molecule has 0 aromatic heterocycles.